The number of rotatable bonds is 3. The van der Waals surface area contributed by atoms with E-state index < -0.39 is 0 Å². The Kier molecular flexibility index (Phi) is 1.95. The second-order valence-electron chi connectivity index (χ2n) is 3.53. The van der Waals surface area contributed by atoms with Gasteiger partial charge in [-0.25, -0.2) is 0 Å². The molecule has 0 aromatic heterocycles. The van der Waals surface area contributed by atoms with Gasteiger partial charge in [0.2, 0.25) is 0 Å². The predicted octanol–water partition coefficient (Wildman–Crippen LogP) is 1.77. The topological polar surface area (TPSA) is 12.0 Å². The van der Waals surface area contributed by atoms with E-state index in [0.29, 0.717) is 11.8 Å². The Hall–Kier alpha value is -0.900. The number of hydrogen-bond acceptors (Lipinski definition) is 1. The average molecular weight is 149 g/mol. The smallest absolute Gasteiger partial charge is 0.0384 e. The zero-order valence-electron chi connectivity index (χ0n) is 7.22. The third-order valence-corrected chi connectivity index (χ3v) is 2.60. The van der Waals surface area contributed by atoms with E-state index in [1.54, 1.807) is 6.20 Å². The molecule has 0 saturated heterocycles. The highest BCUT2D eigenvalue weighted by Gasteiger charge is 2.51. The van der Waals surface area contributed by atoms with Crippen molar-refractivity contribution in [2.75, 3.05) is 0 Å². The van der Waals surface area contributed by atoms with Gasteiger partial charge in [-0.05, 0) is 25.5 Å². The summed E-state index contributed by atoms with van der Waals surface area (Å²) >= 11 is 0. The Labute approximate surface area is 68.9 Å². The average Bonchev–Trinajstić information content (AvgIpc) is 2.62. The Bertz CT molecular complexity index is 201. The lowest BCUT2D eigenvalue weighted by Gasteiger charge is -2.12. The summed E-state index contributed by atoms with van der Waals surface area (Å²) < 4.78 is 0. The monoisotopic (exact) mass is 149 g/mol. The predicted molar refractivity (Wildman–Crippen MR) is 47.8 cm³/mol. The van der Waals surface area contributed by atoms with Crippen molar-refractivity contribution in [2.45, 2.75) is 25.8 Å². The molecular formula is C10H15N. The highest BCUT2D eigenvalue weighted by molar-refractivity contribution is 5.15. The summed E-state index contributed by atoms with van der Waals surface area (Å²) in [4.78, 5) is 0. The normalized spacial score (nSPS) is 37.0. The van der Waals surface area contributed by atoms with Crippen molar-refractivity contribution < 1.29 is 0 Å². The molecule has 2 unspecified atom stereocenters. The lowest BCUT2D eigenvalue weighted by atomic mass is 10.0. The lowest BCUT2D eigenvalue weighted by molar-refractivity contribution is 0.506. The van der Waals surface area contributed by atoms with E-state index >= 15 is 0 Å². The first kappa shape index (κ1) is 8.20. The SMILES string of the molecule is C#CC(C)[C@@H]1CC1(C)NC=C. The van der Waals surface area contributed by atoms with Gasteiger partial charge in [-0.15, -0.1) is 12.3 Å². The minimum atomic E-state index is 0.230. The van der Waals surface area contributed by atoms with Crippen molar-refractivity contribution >= 4 is 0 Å². The Morgan fingerprint density at radius 1 is 1.91 bits per heavy atom. The molecule has 1 saturated carbocycles. The number of terminal acetylenes is 1. The van der Waals surface area contributed by atoms with Gasteiger partial charge in [0.1, 0.15) is 0 Å². The lowest BCUT2D eigenvalue weighted by Crippen LogP contribution is -2.26. The summed E-state index contributed by atoms with van der Waals surface area (Å²) in [5.74, 6) is 3.78. The fraction of sp³-hybridized carbons (Fsp3) is 0.600. The van der Waals surface area contributed by atoms with E-state index in [9.17, 15) is 0 Å². The molecule has 1 aliphatic carbocycles. The van der Waals surface area contributed by atoms with Gasteiger partial charge in [0, 0.05) is 11.5 Å². The molecule has 60 valence electrons. The second-order valence-corrected chi connectivity index (χ2v) is 3.53. The summed E-state index contributed by atoms with van der Waals surface area (Å²) in [7, 11) is 0. The Balaban J connectivity index is 2.47. The van der Waals surface area contributed by atoms with E-state index in [-0.39, 0.29) is 5.54 Å². The van der Waals surface area contributed by atoms with Gasteiger partial charge in [0.25, 0.3) is 0 Å². The Morgan fingerprint density at radius 3 is 3.00 bits per heavy atom. The molecule has 1 heteroatoms. The molecule has 1 N–H and O–H groups in total. The first-order valence-electron chi connectivity index (χ1n) is 3.99. The number of nitrogens with one attached hydrogen (secondary N) is 1. The summed E-state index contributed by atoms with van der Waals surface area (Å²) in [6.07, 6.45) is 8.25. The quantitative estimate of drug-likeness (QED) is 0.603. The molecular weight excluding hydrogens is 134 g/mol. The zero-order chi connectivity index (χ0) is 8.48. The summed E-state index contributed by atoms with van der Waals surface area (Å²) in [6.45, 7) is 7.93. The maximum absolute atomic E-state index is 5.33. The maximum Gasteiger partial charge on any atom is 0.0384 e. The largest absolute Gasteiger partial charge is 0.386 e. The van der Waals surface area contributed by atoms with Gasteiger partial charge >= 0.3 is 0 Å². The highest BCUT2D eigenvalue weighted by atomic mass is 15.0. The van der Waals surface area contributed by atoms with Crippen molar-refractivity contribution in [3.05, 3.63) is 12.8 Å². The minimum Gasteiger partial charge on any atom is -0.386 e. The molecule has 0 aromatic carbocycles. The van der Waals surface area contributed by atoms with E-state index in [4.69, 9.17) is 6.42 Å². The molecule has 0 radical (unpaired) electrons. The van der Waals surface area contributed by atoms with Crippen molar-refractivity contribution in [3.63, 3.8) is 0 Å². The van der Waals surface area contributed by atoms with Crippen LogP contribution in [0.2, 0.25) is 0 Å². The van der Waals surface area contributed by atoms with Crippen LogP contribution in [0.4, 0.5) is 0 Å². The second kappa shape index (κ2) is 2.62. The van der Waals surface area contributed by atoms with Crippen LogP contribution in [0.15, 0.2) is 12.8 Å². The van der Waals surface area contributed by atoms with Crippen LogP contribution in [0.3, 0.4) is 0 Å². The van der Waals surface area contributed by atoms with Crippen LogP contribution in [0, 0.1) is 24.2 Å². The molecule has 0 bridgehead atoms. The first-order valence-corrected chi connectivity index (χ1v) is 3.99. The third kappa shape index (κ3) is 1.40. The van der Waals surface area contributed by atoms with Crippen LogP contribution < -0.4 is 5.32 Å². The van der Waals surface area contributed by atoms with Gasteiger partial charge in [-0.1, -0.05) is 13.5 Å². The van der Waals surface area contributed by atoms with Crippen molar-refractivity contribution in [3.8, 4) is 12.3 Å². The molecule has 3 atom stereocenters. The van der Waals surface area contributed by atoms with Gasteiger partial charge < -0.3 is 5.32 Å². The fourth-order valence-electron chi connectivity index (χ4n) is 1.64. The van der Waals surface area contributed by atoms with E-state index in [2.05, 4.69) is 31.7 Å². The van der Waals surface area contributed by atoms with Gasteiger partial charge in [-0.2, -0.15) is 0 Å². The molecule has 0 spiro atoms. The highest BCUT2D eigenvalue weighted by Crippen LogP contribution is 2.47. The van der Waals surface area contributed by atoms with Gasteiger partial charge in [-0.3, -0.25) is 0 Å². The van der Waals surface area contributed by atoms with Crippen LogP contribution in [0.25, 0.3) is 0 Å². The fourth-order valence-corrected chi connectivity index (χ4v) is 1.64. The Morgan fingerprint density at radius 2 is 2.55 bits per heavy atom. The van der Waals surface area contributed by atoms with Crippen molar-refractivity contribution in [1.82, 2.24) is 5.32 Å². The molecule has 0 amide bonds. The molecule has 0 aromatic rings. The van der Waals surface area contributed by atoms with Crippen LogP contribution in [-0.2, 0) is 0 Å². The maximum atomic E-state index is 5.33. The third-order valence-electron chi connectivity index (χ3n) is 2.60. The van der Waals surface area contributed by atoms with Crippen LogP contribution in [0.1, 0.15) is 20.3 Å². The summed E-state index contributed by atoms with van der Waals surface area (Å²) in [5, 5.41) is 3.23. The van der Waals surface area contributed by atoms with Crippen molar-refractivity contribution in [1.29, 1.82) is 0 Å². The van der Waals surface area contributed by atoms with E-state index in [0.717, 1.165) is 0 Å². The minimum absolute atomic E-state index is 0.230. The first-order chi connectivity index (χ1) is 5.14. The van der Waals surface area contributed by atoms with Crippen molar-refractivity contribution in [2.24, 2.45) is 11.8 Å². The van der Waals surface area contributed by atoms with E-state index in [1.807, 2.05) is 0 Å². The summed E-state index contributed by atoms with van der Waals surface area (Å²) in [6, 6.07) is 0. The molecule has 11 heavy (non-hydrogen) atoms. The molecule has 0 aliphatic heterocycles. The van der Waals surface area contributed by atoms with Crippen LogP contribution in [0.5, 0.6) is 0 Å². The van der Waals surface area contributed by atoms with Gasteiger partial charge in [0.15, 0.2) is 0 Å². The molecule has 1 fully saturated rings. The number of hydrogen-bond donors (Lipinski definition) is 1. The van der Waals surface area contributed by atoms with Crippen LogP contribution >= 0.6 is 0 Å². The molecule has 0 heterocycles. The van der Waals surface area contributed by atoms with Gasteiger partial charge in [0.05, 0.1) is 0 Å². The van der Waals surface area contributed by atoms with E-state index in [1.165, 1.54) is 6.42 Å². The molecule has 1 nitrogen and oxygen atoms in total. The zero-order valence-corrected chi connectivity index (χ0v) is 7.22. The molecule has 1 rings (SSSR count). The van der Waals surface area contributed by atoms with Crippen LogP contribution in [-0.4, -0.2) is 5.54 Å². The standard InChI is InChI=1S/C10H15N/c1-5-8(3)9-7-10(9,4)11-6-2/h1,6,8-9,11H,2,7H2,3-4H3/t8?,9-,10?/m0/s1. The molecule has 1 aliphatic rings. The summed E-state index contributed by atoms with van der Waals surface area (Å²) in [5.41, 5.74) is 0.230.